The molecule has 2 N–H and O–H groups in total. The van der Waals surface area contributed by atoms with Gasteiger partial charge in [-0.15, -0.1) is 0 Å². The van der Waals surface area contributed by atoms with Gasteiger partial charge in [-0.05, 0) is 31.7 Å². The Morgan fingerprint density at radius 2 is 2.17 bits per heavy atom. The Balaban J connectivity index is 1.94. The molecule has 0 atom stereocenters. The van der Waals surface area contributed by atoms with Crippen LogP contribution < -0.4 is 0 Å². The molecule has 1 aromatic rings. The summed E-state index contributed by atoms with van der Waals surface area (Å²) in [6.45, 7) is 2.11. The molecule has 0 saturated heterocycles. The van der Waals surface area contributed by atoms with Gasteiger partial charge in [-0.25, -0.2) is 0 Å². The highest BCUT2D eigenvalue weighted by Crippen LogP contribution is 2.27. The molecule has 0 aliphatic heterocycles. The van der Waals surface area contributed by atoms with Gasteiger partial charge in [0.2, 0.25) is 0 Å². The van der Waals surface area contributed by atoms with Crippen molar-refractivity contribution in [3.05, 3.63) is 23.5 Å². The summed E-state index contributed by atoms with van der Waals surface area (Å²) < 4.78 is 0. The topological polar surface area (TPSA) is 73.4 Å². The van der Waals surface area contributed by atoms with Gasteiger partial charge in [0.1, 0.15) is 5.69 Å². The van der Waals surface area contributed by atoms with Crippen LogP contribution in [0.4, 0.5) is 0 Å². The molecule has 1 aromatic heterocycles. The van der Waals surface area contributed by atoms with Crippen LogP contribution in [0.15, 0.2) is 12.3 Å². The maximum absolute atomic E-state index is 12.1. The standard InChI is InChI=1S/C13H18N2O3/c1-8(16)10-5-12(14-6-10)13(18)15(2)7-9-3-11(17)4-9/h5-6,9,11,14,17H,3-4,7H2,1-2H3. The van der Waals surface area contributed by atoms with Crippen molar-refractivity contribution in [2.45, 2.75) is 25.9 Å². The quantitative estimate of drug-likeness (QED) is 0.785. The van der Waals surface area contributed by atoms with Crippen molar-refractivity contribution < 1.29 is 14.7 Å². The maximum Gasteiger partial charge on any atom is 0.270 e. The summed E-state index contributed by atoms with van der Waals surface area (Å²) >= 11 is 0. The number of amides is 1. The van der Waals surface area contributed by atoms with Crippen LogP contribution in [0, 0.1) is 5.92 Å². The minimum Gasteiger partial charge on any atom is -0.393 e. The van der Waals surface area contributed by atoms with Crippen LogP contribution in [0.1, 0.15) is 40.6 Å². The molecule has 98 valence electrons. The highest BCUT2D eigenvalue weighted by Gasteiger charge is 2.29. The fraction of sp³-hybridized carbons (Fsp3) is 0.538. The SMILES string of the molecule is CC(=O)c1c[nH]c(C(=O)N(C)CC2CC(O)C2)c1. The average Bonchev–Trinajstić information content (AvgIpc) is 2.75. The number of Topliss-reactive ketones (excluding diaryl/α,β-unsaturated/α-hetero) is 1. The minimum absolute atomic E-state index is 0.0601. The van der Waals surface area contributed by atoms with Crippen molar-refractivity contribution in [3.63, 3.8) is 0 Å². The lowest BCUT2D eigenvalue weighted by Crippen LogP contribution is -2.39. The van der Waals surface area contributed by atoms with E-state index < -0.39 is 0 Å². The zero-order valence-electron chi connectivity index (χ0n) is 10.6. The number of aromatic amines is 1. The van der Waals surface area contributed by atoms with Gasteiger partial charge in [0.05, 0.1) is 6.10 Å². The molecule has 1 aliphatic rings. The second-order valence-electron chi connectivity index (χ2n) is 5.04. The summed E-state index contributed by atoms with van der Waals surface area (Å²) in [5.74, 6) is 0.204. The number of aromatic nitrogens is 1. The van der Waals surface area contributed by atoms with Gasteiger partial charge in [-0.2, -0.15) is 0 Å². The molecule has 0 spiro atoms. The van der Waals surface area contributed by atoms with E-state index in [-0.39, 0.29) is 17.8 Å². The van der Waals surface area contributed by atoms with Crippen molar-refractivity contribution in [3.8, 4) is 0 Å². The summed E-state index contributed by atoms with van der Waals surface area (Å²) in [5.41, 5.74) is 0.952. The van der Waals surface area contributed by atoms with E-state index in [2.05, 4.69) is 4.98 Å². The summed E-state index contributed by atoms with van der Waals surface area (Å²) in [7, 11) is 1.74. The van der Waals surface area contributed by atoms with E-state index in [4.69, 9.17) is 0 Å². The molecule has 5 nitrogen and oxygen atoms in total. The van der Waals surface area contributed by atoms with Crippen LogP contribution >= 0.6 is 0 Å². The smallest absolute Gasteiger partial charge is 0.270 e. The molecule has 1 heterocycles. The normalized spacial score (nSPS) is 22.4. The number of carbonyl (C=O) groups is 2. The predicted molar refractivity (Wildman–Crippen MR) is 66.5 cm³/mol. The number of nitrogens with zero attached hydrogens (tertiary/aromatic N) is 1. The predicted octanol–water partition coefficient (Wildman–Crippen LogP) is 1.06. The van der Waals surface area contributed by atoms with Crippen LogP contribution in [-0.4, -0.2) is 46.4 Å². The van der Waals surface area contributed by atoms with Gasteiger partial charge < -0.3 is 15.0 Å². The number of hydrogen-bond donors (Lipinski definition) is 2. The highest BCUT2D eigenvalue weighted by molar-refractivity contribution is 5.98. The second kappa shape index (κ2) is 4.94. The van der Waals surface area contributed by atoms with Gasteiger partial charge in [0.25, 0.3) is 5.91 Å². The van der Waals surface area contributed by atoms with E-state index >= 15 is 0 Å². The summed E-state index contributed by atoms with van der Waals surface area (Å²) in [6.07, 6.45) is 2.88. The molecular formula is C13H18N2O3. The Morgan fingerprint density at radius 1 is 1.50 bits per heavy atom. The van der Waals surface area contributed by atoms with E-state index in [0.29, 0.717) is 23.7 Å². The molecule has 1 amide bonds. The number of H-pyrrole nitrogens is 1. The number of rotatable bonds is 4. The van der Waals surface area contributed by atoms with Gasteiger partial charge in [-0.1, -0.05) is 0 Å². The lowest BCUT2D eigenvalue weighted by molar-refractivity contribution is 0.0264. The van der Waals surface area contributed by atoms with E-state index in [1.54, 1.807) is 24.2 Å². The summed E-state index contributed by atoms with van der Waals surface area (Å²) in [5, 5.41) is 9.20. The summed E-state index contributed by atoms with van der Waals surface area (Å²) in [6, 6.07) is 1.58. The van der Waals surface area contributed by atoms with Crippen molar-refractivity contribution in [2.24, 2.45) is 5.92 Å². The fourth-order valence-corrected chi connectivity index (χ4v) is 2.25. The van der Waals surface area contributed by atoms with Crippen LogP contribution in [-0.2, 0) is 0 Å². The van der Waals surface area contributed by atoms with Gasteiger partial charge in [0.15, 0.2) is 5.78 Å². The maximum atomic E-state index is 12.1. The summed E-state index contributed by atoms with van der Waals surface area (Å²) in [4.78, 5) is 27.7. The van der Waals surface area contributed by atoms with Gasteiger partial charge in [-0.3, -0.25) is 9.59 Å². The lowest BCUT2D eigenvalue weighted by Gasteiger charge is -2.34. The molecule has 1 aliphatic carbocycles. The van der Waals surface area contributed by atoms with E-state index in [0.717, 1.165) is 12.8 Å². The first-order chi connectivity index (χ1) is 8.47. The number of hydrogen-bond acceptors (Lipinski definition) is 3. The first kappa shape index (κ1) is 12.8. The molecule has 1 fully saturated rings. The Morgan fingerprint density at radius 3 is 2.67 bits per heavy atom. The van der Waals surface area contributed by atoms with Crippen molar-refractivity contribution in [1.82, 2.24) is 9.88 Å². The third-order valence-electron chi connectivity index (χ3n) is 3.41. The number of carbonyl (C=O) groups excluding carboxylic acids is 2. The highest BCUT2D eigenvalue weighted by atomic mass is 16.3. The Labute approximate surface area is 106 Å². The fourth-order valence-electron chi connectivity index (χ4n) is 2.25. The number of aliphatic hydroxyl groups excluding tert-OH is 1. The molecule has 2 rings (SSSR count). The van der Waals surface area contributed by atoms with Crippen molar-refractivity contribution in [1.29, 1.82) is 0 Å². The molecule has 18 heavy (non-hydrogen) atoms. The zero-order valence-corrected chi connectivity index (χ0v) is 10.6. The average molecular weight is 250 g/mol. The van der Waals surface area contributed by atoms with Crippen LogP contribution in [0.2, 0.25) is 0 Å². The third kappa shape index (κ3) is 2.61. The first-order valence-corrected chi connectivity index (χ1v) is 6.10. The number of aliphatic hydroxyl groups is 1. The first-order valence-electron chi connectivity index (χ1n) is 6.10. The van der Waals surface area contributed by atoms with Crippen LogP contribution in [0.3, 0.4) is 0 Å². The van der Waals surface area contributed by atoms with Gasteiger partial charge >= 0.3 is 0 Å². The lowest BCUT2D eigenvalue weighted by atomic mass is 9.82. The Bertz CT molecular complexity index is 461. The van der Waals surface area contributed by atoms with Crippen LogP contribution in [0.25, 0.3) is 0 Å². The minimum atomic E-state index is -0.201. The third-order valence-corrected chi connectivity index (χ3v) is 3.41. The van der Waals surface area contributed by atoms with E-state index in [1.165, 1.54) is 6.92 Å². The zero-order chi connectivity index (χ0) is 13.3. The van der Waals surface area contributed by atoms with Gasteiger partial charge in [0, 0.05) is 25.4 Å². The molecule has 0 radical (unpaired) electrons. The molecule has 0 aromatic carbocycles. The Hall–Kier alpha value is -1.62. The van der Waals surface area contributed by atoms with Crippen LogP contribution in [0.5, 0.6) is 0 Å². The second-order valence-corrected chi connectivity index (χ2v) is 5.04. The van der Waals surface area contributed by atoms with Crippen molar-refractivity contribution in [2.75, 3.05) is 13.6 Å². The molecular weight excluding hydrogens is 232 g/mol. The molecule has 5 heteroatoms. The number of ketones is 1. The number of nitrogens with one attached hydrogen (secondary N) is 1. The Kier molecular flexibility index (Phi) is 3.52. The molecule has 0 bridgehead atoms. The van der Waals surface area contributed by atoms with E-state index in [9.17, 15) is 14.7 Å². The van der Waals surface area contributed by atoms with E-state index in [1.807, 2.05) is 0 Å². The molecule has 0 unspecified atom stereocenters. The van der Waals surface area contributed by atoms with Crippen molar-refractivity contribution >= 4 is 11.7 Å². The largest absolute Gasteiger partial charge is 0.393 e. The monoisotopic (exact) mass is 250 g/mol. The molecule has 1 saturated carbocycles.